The summed E-state index contributed by atoms with van der Waals surface area (Å²) >= 11 is 7.26. The standard InChI is InChI=1S/C13H12ClN3O3S2/c14-8-1-2-11-9(7-8)10(3-6-22(11,19)20)16-12(18)17-13-15-4-5-21-13/h1-2,4-5,7,10H,3,6H2,(H2,15,16,17,18). The van der Waals surface area contributed by atoms with Crippen LogP contribution in [0.2, 0.25) is 5.02 Å². The third-order valence-electron chi connectivity index (χ3n) is 3.32. The Labute approximate surface area is 136 Å². The molecule has 2 heterocycles. The number of hydrogen-bond acceptors (Lipinski definition) is 5. The zero-order valence-electron chi connectivity index (χ0n) is 11.2. The first-order valence-electron chi connectivity index (χ1n) is 6.45. The van der Waals surface area contributed by atoms with Gasteiger partial charge in [0.2, 0.25) is 0 Å². The van der Waals surface area contributed by atoms with Gasteiger partial charge in [0, 0.05) is 16.6 Å². The highest BCUT2D eigenvalue weighted by atomic mass is 35.5. The number of amides is 2. The number of hydrogen-bond donors (Lipinski definition) is 2. The minimum Gasteiger partial charge on any atom is -0.331 e. The van der Waals surface area contributed by atoms with E-state index in [-0.39, 0.29) is 10.6 Å². The molecule has 0 saturated heterocycles. The van der Waals surface area contributed by atoms with Crippen LogP contribution in [-0.2, 0) is 9.84 Å². The average Bonchev–Trinajstić information content (AvgIpc) is 2.94. The maximum absolute atomic E-state index is 12.1. The summed E-state index contributed by atoms with van der Waals surface area (Å²) in [7, 11) is -3.32. The number of nitrogens with zero attached hydrogens (tertiary/aromatic N) is 1. The van der Waals surface area contributed by atoms with Crippen molar-refractivity contribution in [3.63, 3.8) is 0 Å². The summed E-state index contributed by atoms with van der Waals surface area (Å²) in [6.07, 6.45) is 1.89. The van der Waals surface area contributed by atoms with E-state index in [4.69, 9.17) is 11.6 Å². The molecular weight excluding hydrogens is 346 g/mol. The summed E-state index contributed by atoms with van der Waals surface area (Å²) in [6.45, 7) is 0. The molecule has 0 saturated carbocycles. The number of rotatable bonds is 2. The molecule has 2 N–H and O–H groups in total. The molecule has 116 valence electrons. The lowest BCUT2D eigenvalue weighted by Gasteiger charge is -2.26. The van der Waals surface area contributed by atoms with Gasteiger partial charge in [-0.2, -0.15) is 0 Å². The Balaban J connectivity index is 1.83. The Hall–Kier alpha value is -1.64. The summed E-state index contributed by atoms with van der Waals surface area (Å²) in [4.78, 5) is 16.2. The number of carbonyl (C=O) groups is 1. The van der Waals surface area contributed by atoms with Crippen LogP contribution in [0.15, 0.2) is 34.7 Å². The summed E-state index contributed by atoms with van der Waals surface area (Å²) in [6, 6.07) is 3.78. The zero-order chi connectivity index (χ0) is 15.7. The minimum atomic E-state index is -3.32. The van der Waals surface area contributed by atoms with E-state index in [1.165, 1.54) is 23.5 Å². The molecule has 6 nitrogen and oxygen atoms in total. The number of carbonyl (C=O) groups excluding carboxylic acids is 1. The molecule has 0 bridgehead atoms. The third kappa shape index (κ3) is 3.08. The highest BCUT2D eigenvalue weighted by Crippen LogP contribution is 2.34. The van der Waals surface area contributed by atoms with Gasteiger partial charge in [-0.15, -0.1) is 11.3 Å². The van der Waals surface area contributed by atoms with E-state index in [0.717, 1.165) is 0 Å². The molecule has 2 aromatic rings. The fourth-order valence-corrected chi connectivity index (χ4v) is 4.65. The Morgan fingerprint density at radius 1 is 1.41 bits per heavy atom. The summed E-state index contributed by atoms with van der Waals surface area (Å²) in [5.74, 6) is -0.0101. The molecule has 1 atom stereocenters. The van der Waals surface area contributed by atoms with E-state index in [9.17, 15) is 13.2 Å². The van der Waals surface area contributed by atoms with Crippen molar-refractivity contribution in [2.24, 2.45) is 0 Å². The highest BCUT2D eigenvalue weighted by molar-refractivity contribution is 7.91. The topological polar surface area (TPSA) is 88.2 Å². The molecule has 3 rings (SSSR count). The van der Waals surface area contributed by atoms with E-state index in [2.05, 4.69) is 15.6 Å². The smallest absolute Gasteiger partial charge is 0.321 e. The predicted molar refractivity (Wildman–Crippen MR) is 85.1 cm³/mol. The van der Waals surface area contributed by atoms with E-state index in [1.807, 2.05) is 0 Å². The number of aromatic nitrogens is 1. The average molecular weight is 358 g/mol. The second-order valence-corrected chi connectivity index (χ2v) is 8.19. The van der Waals surface area contributed by atoms with Crippen LogP contribution >= 0.6 is 22.9 Å². The van der Waals surface area contributed by atoms with Crippen molar-refractivity contribution in [3.05, 3.63) is 40.4 Å². The predicted octanol–water partition coefficient (Wildman–Crippen LogP) is 2.84. The maximum Gasteiger partial charge on any atom is 0.321 e. The van der Waals surface area contributed by atoms with Crippen molar-refractivity contribution in [2.75, 3.05) is 11.1 Å². The summed E-state index contributed by atoms with van der Waals surface area (Å²) in [5.41, 5.74) is 0.521. The van der Waals surface area contributed by atoms with Crippen molar-refractivity contribution in [2.45, 2.75) is 17.4 Å². The lowest BCUT2D eigenvalue weighted by molar-refractivity contribution is 0.248. The van der Waals surface area contributed by atoms with Crippen molar-refractivity contribution in [3.8, 4) is 0 Å². The highest BCUT2D eigenvalue weighted by Gasteiger charge is 2.31. The van der Waals surface area contributed by atoms with Gasteiger partial charge in [-0.3, -0.25) is 5.32 Å². The number of fused-ring (bicyclic) bond motifs is 1. The first-order valence-corrected chi connectivity index (χ1v) is 9.36. The molecule has 1 aromatic carbocycles. The molecule has 0 spiro atoms. The van der Waals surface area contributed by atoms with Crippen LogP contribution in [0.4, 0.5) is 9.93 Å². The van der Waals surface area contributed by atoms with Crippen LogP contribution in [-0.4, -0.2) is 25.2 Å². The fourth-order valence-electron chi connectivity index (χ4n) is 2.34. The van der Waals surface area contributed by atoms with Crippen LogP contribution < -0.4 is 10.6 Å². The van der Waals surface area contributed by atoms with E-state index in [0.29, 0.717) is 22.1 Å². The van der Waals surface area contributed by atoms with Gasteiger partial charge >= 0.3 is 6.03 Å². The molecule has 1 aromatic heterocycles. The Kier molecular flexibility index (Phi) is 4.07. The lowest BCUT2D eigenvalue weighted by atomic mass is 10.0. The number of anilines is 1. The number of thiazole rings is 1. The number of nitrogens with one attached hydrogen (secondary N) is 2. The molecule has 1 unspecified atom stereocenters. The largest absolute Gasteiger partial charge is 0.331 e. The zero-order valence-corrected chi connectivity index (χ0v) is 13.6. The van der Waals surface area contributed by atoms with Gasteiger partial charge in [-0.25, -0.2) is 18.2 Å². The van der Waals surface area contributed by atoms with Crippen LogP contribution in [0.25, 0.3) is 0 Å². The van der Waals surface area contributed by atoms with Gasteiger partial charge in [0.25, 0.3) is 0 Å². The first-order chi connectivity index (χ1) is 10.5. The number of urea groups is 1. The van der Waals surface area contributed by atoms with Crippen molar-refractivity contribution in [1.82, 2.24) is 10.3 Å². The maximum atomic E-state index is 12.1. The fraction of sp³-hybridized carbons (Fsp3) is 0.231. The molecule has 9 heteroatoms. The van der Waals surface area contributed by atoms with Gasteiger partial charge in [0.1, 0.15) is 0 Å². The molecular formula is C13H12ClN3O3S2. The second-order valence-electron chi connectivity index (χ2n) is 4.78. The van der Waals surface area contributed by atoms with Gasteiger partial charge in [0.15, 0.2) is 15.0 Å². The van der Waals surface area contributed by atoms with Crippen LogP contribution in [0, 0.1) is 0 Å². The lowest BCUT2D eigenvalue weighted by Crippen LogP contribution is -2.36. The quantitative estimate of drug-likeness (QED) is 0.865. The Bertz CT molecular complexity index is 806. The van der Waals surface area contributed by atoms with Gasteiger partial charge in [-0.05, 0) is 30.2 Å². The first kappa shape index (κ1) is 15.3. The second kappa shape index (κ2) is 5.86. The van der Waals surface area contributed by atoms with Gasteiger partial charge < -0.3 is 5.32 Å². The van der Waals surface area contributed by atoms with E-state index < -0.39 is 21.9 Å². The van der Waals surface area contributed by atoms with E-state index >= 15 is 0 Å². The molecule has 2 amide bonds. The van der Waals surface area contributed by atoms with Crippen molar-refractivity contribution in [1.29, 1.82) is 0 Å². The molecule has 0 fully saturated rings. The summed E-state index contributed by atoms with van der Waals surface area (Å²) in [5, 5.41) is 8.04. The van der Waals surface area contributed by atoms with Crippen molar-refractivity contribution < 1.29 is 13.2 Å². The SMILES string of the molecule is O=C(Nc1nccs1)NC1CCS(=O)(=O)c2ccc(Cl)cc21. The summed E-state index contributed by atoms with van der Waals surface area (Å²) < 4.78 is 24.2. The van der Waals surface area contributed by atoms with Crippen LogP contribution in [0.3, 0.4) is 0 Å². The van der Waals surface area contributed by atoms with Crippen LogP contribution in [0.5, 0.6) is 0 Å². The Morgan fingerprint density at radius 2 is 2.23 bits per heavy atom. The minimum absolute atomic E-state index is 0.0101. The Morgan fingerprint density at radius 3 is 2.95 bits per heavy atom. The van der Waals surface area contributed by atoms with Crippen molar-refractivity contribution >= 4 is 43.9 Å². The van der Waals surface area contributed by atoms with E-state index in [1.54, 1.807) is 17.6 Å². The monoisotopic (exact) mass is 357 g/mol. The number of halogens is 1. The molecule has 1 aliphatic rings. The normalized spacial score (nSPS) is 19.2. The third-order valence-corrected chi connectivity index (χ3v) is 6.05. The van der Waals surface area contributed by atoms with Gasteiger partial charge in [-0.1, -0.05) is 11.6 Å². The molecule has 22 heavy (non-hydrogen) atoms. The molecule has 1 aliphatic heterocycles. The number of benzene rings is 1. The van der Waals surface area contributed by atoms with Gasteiger partial charge in [0.05, 0.1) is 16.7 Å². The number of sulfone groups is 1. The molecule has 0 aliphatic carbocycles. The molecule has 0 radical (unpaired) electrons. The van der Waals surface area contributed by atoms with Crippen LogP contribution in [0.1, 0.15) is 18.0 Å².